The van der Waals surface area contributed by atoms with Crippen molar-refractivity contribution in [3.8, 4) is 11.4 Å². The van der Waals surface area contributed by atoms with E-state index in [-0.39, 0.29) is 26.7 Å². The van der Waals surface area contributed by atoms with Crippen molar-refractivity contribution in [1.29, 1.82) is 0 Å². The molecule has 0 saturated heterocycles. The third-order valence-corrected chi connectivity index (χ3v) is 6.18. The highest BCUT2D eigenvalue weighted by molar-refractivity contribution is 7.89. The van der Waals surface area contributed by atoms with Gasteiger partial charge in [-0.1, -0.05) is 41.9 Å². The first-order valence-corrected chi connectivity index (χ1v) is 10.9. The average molecular weight is 437 g/mol. The molecule has 3 aromatic rings. The number of benzene rings is 2. The second-order valence-electron chi connectivity index (χ2n) is 6.16. The van der Waals surface area contributed by atoms with Crippen LogP contribution in [0.5, 0.6) is 0 Å². The number of nitrogens with one attached hydrogen (secondary N) is 2. The van der Waals surface area contributed by atoms with Gasteiger partial charge < -0.3 is 0 Å². The summed E-state index contributed by atoms with van der Waals surface area (Å²) in [7, 11) is -3.75. The van der Waals surface area contributed by atoms with Gasteiger partial charge in [-0.2, -0.15) is 9.36 Å². The van der Waals surface area contributed by atoms with Gasteiger partial charge in [-0.05, 0) is 32.0 Å². The number of halogens is 1. The van der Waals surface area contributed by atoms with E-state index in [9.17, 15) is 13.2 Å². The van der Waals surface area contributed by atoms with Crippen LogP contribution in [-0.2, 0) is 10.0 Å². The molecule has 1 aromatic heterocycles. The van der Waals surface area contributed by atoms with Crippen LogP contribution in [0.1, 0.15) is 24.2 Å². The molecule has 1 amide bonds. The molecule has 0 atom stereocenters. The van der Waals surface area contributed by atoms with Gasteiger partial charge in [-0.25, -0.2) is 13.1 Å². The number of carbonyl (C=O) groups excluding carboxylic acids is 1. The van der Waals surface area contributed by atoms with Crippen LogP contribution < -0.4 is 10.0 Å². The van der Waals surface area contributed by atoms with E-state index in [4.69, 9.17) is 11.6 Å². The smallest absolute Gasteiger partial charge is 0.259 e. The zero-order valence-corrected chi connectivity index (χ0v) is 17.4. The predicted octanol–water partition coefficient (Wildman–Crippen LogP) is 3.80. The second kappa shape index (κ2) is 8.36. The molecule has 28 heavy (non-hydrogen) atoms. The lowest BCUT2D eigenvalue weighted by Gasteiger charge is -2.11. The first-order chi connectivity index (χ1) is 13.3. The third kappa shape index (κ3) is 4.74. The molecule has 7 nitrogen and oxygen atoms in total. The lowest BCUT2D eigenvalue weighted by Crippen LogP contribution is -2.30. The number of nitrogens with zero attached hydrogens (tertiary/aromatic N) is 2. The number of anilines is 1. The first kappa shape index (κ1) is 20.4. The van der Waals surface area contributed by atoms with Crippen molar-refractivity contribution in [3.05, 3.63) is 59.1 Å². The van der Waals surface area contributed by atoms with E-state index >= 15 is 0 Å². The number of amides is 1. The molecule has 0 radical (unpaired) electrons. The molecule has 0 aliphatic heterocycles. The number of hydrogen-bond donors (Lipinski definition) is 2. The van der Waals surface area contributed by atoms with Crippen LogP contribution in [0.15, 0.2) is 53.4 Å². The minimum Gasteiger partial charge on any atom is -0.297 e. The van der Waals surface area contributed by atoms with E-state index in [2.05, 4.69) is 19.4 Å². The Bertz CT molecular complexity index is 1100. The molecule has 2 aromatic carbocycles. The maximum Gasteiger partial charge on any atom is 0.259 e. The van der Waals surface area contributed by atoms with Gasteiger partial charge >= 0.3 is 0 Å². The summed E-state index contributed by atoms with van der Waals surface area (Å²) in [5, 5.41) is 3.03. The Morgan fingerprint density at radius 3 is 2.54 bits per heavy atom. The molecule has 0 aliphatic carbocycles. The number of hydrogen-bond acceptors (Lipinski definition) is 6. The highest BCUT2D eigenvalue weighted by atomic mass is 35.5. The zero-order chi connectivity index (χ0) is 20.3. The van der Waals surface area contributed by atoms with E-state index < -0.39 is 15.9 Å². The van der Waals surface area contributed by atoms with Crippen molar-refractivity contribution in [2.24, 2.45) is 0 Å². The third-order valence-electron chi connectivity index (χ3n) is 3.56. The maximum absolute atomic E-state index is 12.6. The van der Waals surface area contributed by atoms with Crippen molar-refractivity contribution in [1.82, 2.24) is 14.1 Å². The van der Waals surface area contributed by atoms with E-state index in [0.717, 1.165) is 17.1 Å². The molecule has 1 heterocycles. The molecule has 0 spiro atoms. The topological polar surface area (TPSA) is 101 Å². The summed E-state index contributed by atoms with van der Waals surface area (Å²) in [5.41, 5.74) is 0.856. The zero-order valence-electron chi connectivity index (χ0n) is 15.0. The molecule has 0 unspecified atom stereocenters. The SMILES string of the molecule is CC(C)NS(=O)(=O)c1ccc(Cl)c(C(=O)Nc2nc(-c3ccccc3)ns2)c1. The highest BCUT2D eigenvalue weighted by Crippen LogP contribution is 2.24. The Morgan fingerprint density at radius 2 is 1.86 bits per heavy atom. The van der Waals surface area contributed by atoms with E-state index in [1.807, 2.05) is 30.3 Å². The van der Waals surface area contributed by atoms with Gasteiger partial charge in [-0.3, -0.25) is 10.1 Å². The molecular weight excluding hydrogens is 420 g/mol. The Kier molecular flexibility index (Phi) is 6.09. The van der Waals surface area contributed by atoms with Gasteiger partial charge in [0.1, 0.15) is 0 Å². The molecule has 0 aliphatic rings. The molecule has 146 valence electrons. The Hall–Kier alpha value is -2.33. The van der Waals surface area contributed by atoms with Crippen molar-refractivity contribution < 1.29 is 13.2 Å². The summed E-state index contributed by atoms with van der Waals surface area (Å²) in [6.07, 6.45) is 0. The number of carbonyl (C=O) groups is 1. The Morgan fingerprint density at radius 1 is 1.14 bits per heavy atom. The van der Waals surface area contributed by atoms with Crippen molar-refractivity contribution in [2.75, 3.05) is 5.32 Å². The van der Waals surface area contributed by atoms with Crippen LogP contribution in [0.4, 0.5) is 5.13 Å². The lowest BCUT2D eigenvalue weighted by molar-refractivity contribution is 0.102. The second-order valence-corrected chi connectivity index (χ2v) is 9.03. The molecule has 2 N–H and O–H groups in total. The fraction of sp³-hybridized carbons (Fsp3) is 0.167. The van der Waals surface area contributed by atoms with E-state index in [0.29, 0.717) is 5.82 Å². The molecule has 0 saturated carbocycles. The molecule has 10 heteroatoms. The fourth-order valence-electron chi connectivity index (χ4n) is 2.37. The minimum absolute atomic E-state index is 0.0322. The van der Waals surface area contributed by atoms with E-state index in [1.165, 1.54) is 18.2 Å². The summed E-state index contributed by atoms with van der Waals surface area (Å²) in [6.45, 7) is 3.42. The molecular formula is C18H17ClN4O3S2. The van der Waals surface area contributed by atoms with Crippen LogP contribution in [0.25, 0.3) is 11.4 Å². The fourth-order valence-corrected chi connectivity index (χ4v) is 4.43. The highest BCUT2D eigenvalue weighted by Gasteiger charge is 2.20. The normalized spacial score (nSPS) is 11.6. The first-order valence-electron chi connectivity index (χ1n) is 8.28. The van der Waals surface area contributed by atoms with Crippen LogP contribution in [0.3, 0.4) is 0 Å². The van der Waals surface area contributed by atoms with Gasteiger partial charge in [0.25, 0.3) is 5.91 Å². The van der Waals surface area contributed by atoms with Crippen LogP contribution in [-0.4, -0.2) is 29.7 Å². The summed E-state index contributed by atoms with van der Waals surface area (Å²) in [4.78, 5) is 16.9. The van der Waals surface area contributed by atoms with Gasteiger partial charge in [0.15, 0.2) is 5.82 Å². The lowest BCUT2D eigenvalue weighted by atomic mass is 10.2. The molecule has 0 fully saturated rings. The minimum atomic E-state index is -3.75. The van der Waals surface area contributed by atoms with E-state index in [1.54, 1.807) is 13.8 Å². The number of aromatic nitrogens is 2. The summed E-state index contributed by atoms with van der Waals surface area (Å²) in [5.74, 6) is -0.0770. The van der Waals surface area contributed by atoms with Gasteiger partial charge in [-0.15, -0.1) is 0 Å². The predicted molar refractivity (Wildman–Crippen MR) is 110 cm³/mol. The summed E-state index contributed by atoms with van der Waals surface area (Å²) >= 11 is 7.13. The largest absolute Gasteiger partial charge is 0.297 e. The van der Waals surface area contributed by atoms with Gasteiger partial charge in [0.05, 0.1) is 15.5 Å². The molecule has 3 rings (SSSR count). The summed E-state index contributed by atoms with van der Waals surface area (Å²) in [6, 6.07) is 13.0. The van der Waals surface area contributed by atoms with Crippen LogP contribution in [0.2, 0.25) is 5.02 Å². The van der Waals surface area contributed by atoms with Crippen molar-refractivity contribution >= 4 is 44.2 Å². The summed E-state index contributed by atoms with van der Waals surface area (Å²) < 4.78 is 31.4. The monoisotopic (exact) mass is 436 g/mol. The Labute approximate surface area is 172 Å². The van der Waals surface area contributed by atoms with Crippen molar-refractivity contribution in [3.63, 3.8) is 0 Å². The van der Waals surface area contributed by atoms with Gasteiger partial charge in [0.2, 0.25) is 15.2 Å². The van der Waals surface area contributed by atoms with Gasteiger partial charge in [0, 0.05) is 23.1 Å². The Balaban J connectivity index is 1.83. The van der Waals surface area contributed by atoms with Crippen LogP contribution in [0, 0.1) is 0 Å². The standard InChI is InChI=1S/C18H17ClN4O3S2/c1-11(2)23-28(25,26)13-8-9-15(19)14(10-13)17(24)21-18-20-16(22-27-18)12-6-4-3-5-7-12/h3-11,23H,1-2H3,(H,20,21,22,24). The van der Waals surface area contributed by atoms with Crippen LogP contribution >= 0.6 is 23.1 Å². The number of rotatable bonds is 6. The average Bonchev–Trinajstić information content (AvgIpc) is 3.10. The quantitative estimate of drug-likeness (QED) is 0.612. The number of sulfonamides is 1. The maximum atomic E-state index is 12.6. The molecule has 0 bridgehead atoms. The van der Waals surface area contributed by atoms with Crippen molar-refractivity contribution in [2.45, 2.75) is 24.8 Å².